The molecule has 3 rings (SSSR count). The van der Waals surface area contributed by atoms with Crippen molar-refractivity contribution in [1.82, 2.24) is 5.32 Å². The number of carbonyl (C=O) groups is 1. The van der Waals surface area contributed by atoms with Gasteiger partial charge in [-0.25, -0.2) is 0 Å². The van der Waals surface area contributed by atoms with Crippen LogP contribution in [0.25, 0.3) is 0 Å². The Morgan fingerprint density at radius 3 is 1.96 bits per heavy atom. The van der Waals surface area contributed by atoms with Crippen LogP contribution in [0.5, 0.6) is 5.75 Å². The summed E-state index contributed by atoms with van der Waals surface area (Å²) in [4.78, 5) is 12.8. The van der Waals surface area contributed by atoms with E-state index in [9.17, 15) is 4.79 Å². The summed E-state index contributed by atoms with van der Waals surface area (Å²) >= 11 is 3.43. The van der Waals surface area contributed by atoms with Gasteiger partial charge >= 0.3 is 0 Å². The molecule has 0 saturated carbocycles. The zero-order valence-corrected chi connectivity index (χ0v) is 15.4. The Hall–Kier alpha value is -2.59. The van der Waals surface area contributed by atoms with E-state index in [1.807, 2.05) is 60.7 Å². The van der Waals surface area contributed by atoms with Crippen LogP contribution in [0.4, 0.5) is 0 Å². The van der Waals surface area contributed by atoms with Crippen LogP contribution in [-0.4, -0.2) is 13.0 Å². The summed E-state index contributed by atoms with van der Waals surface area (Å²) in [6.07, 6.45) is 0. The van der Waals surface area contributed by atoms with Gasteiger partial charge in [0.15, 0.2) is 0 Å². The highest BCUT2D eigenvalue weighted by Gasteiger charge is 2.18. The number of nitrogens with one attached hydrogen (secondary N) is 1. The molecule has 0 saturated heterocycles. The fourth-order valence-electron chi connectivity index (χ4n) is 2.67. The monoisotopic (exact) mass is 395 g/mol. The molecule has 3 aromatic carbocycles. The molecule has 1 N–H and O–H groups in total. The van der Waals surface area contributed by atoms with Crippen LogP contribution in [0.2, 0.25) is 0 Å². The van der Waals surface area contributed by atoms with Crippen LogP contribution in [0.15, 0.2) is 83.3 Å². The van der Waals surface area contributed by atoms with E-state index in [0.29, 0.717) is 11.3 Å². The van der Waals surface area contributed by atoms with E-state index in [2.05, 4.69) is 21.2 Å². The second-order valence-electron chi connectivity index (χ2n) is 5.58. The number of carbonyl (C=O) groups excluding carboxylic acids is 1. The average Bonchev–Trinajstić information content (AvgIpc) is 2.67. The first kappa shape index (κ1) is 17.2. The standard InChI is InChI=1S/C21H18BrNO2/c1-25-19-13-12-17(14-18(19)22)21(24)23-20(15-8-4-2-5-9-15)16-10-6-3-7-11-16/h2-14,20H,1H3,(H,23,24). The molecule has 0 aliphatic heterocycles. The van der Waals surface area contributed by atoms with Crippen LogP contribution < -0.4 is 10.1 Å². The number of ether oxygens (including phenoxy) is 1. The molecule has 0 aliphatic rings. The Kier molecular flexibility index (Phi) is 5.51. The van der Waals surface area contributed by atoms with Crippen molar-refractivity contribution >= 4 is 21.8 Å². The molecule has 0 unspecified atom stereocenters. The summed E-state index contributed by atoms with van der Waals surface area (Å²) in [5, 5.41) is 3.13. The van der Waals surface area contributed by atoms with Gasteiger partial charge in [0, 0.05) is 5.56 Å². The third-order valence-corrected chi connectivity index (χ3v) is 4.57. The van der Waals surface area contributed by atoms with E-state index in [1.54, 1.807) is 25.3 Å². The summed E-state index contributed by atoms with van der Waals surface area (Å²) in [6.45, 7) is 0. The number of rotatable bonds is 5. The quantitative estimate of drug-likeness (QED) is 0.661. The molecule has 126 valence electrons. The van der Waals surface area contributed by atoms with Crippen molar-refractivity contribution < 1.29 is 9.53 Å². The van der Waals surface area contributed by atoms with Crippen molar-refractivity contribution in [2.24, 2.45) is 0 Å². The zero-order valence-electron chi connectivity index (χ0n) is 13.8. The predicted molar refractivity (Wildman–Crippen MR) is 103 cm³/mol. The Morgan fingerprint density at radius 1 is 0.920 bits per heavy atom. The maximum atomic E-state index is 12.8. The SMILES string of the molecule is COc1ccc(C(=O)NC(c2ccccc2)c2ccccc2)cc1Br. The third kappa shape index (κ3) is 4.09. The maximum absolute atomic E-state index is 12.8. The van der Waals surface area contributed by atoms with E-state index in [1.165, 1.54) is 0 Å². The van der Waals surface area contributed by atoms with Crippen molar-refractivity contribution in [1.29, 1.82) is 0 Å². The van der Waals surface area contributed by atoms with E-state index in [0.717, 1.165) is 15.6 Å². The lowest BCUT2D eigenvalue weighted by molar-refractivity contribution is 0.0943. The Labute approximate surface area is 155 Å². The molecule has 0 spiro atoms. The molecule has 1 amide bonds. The number of halogens is 1. The number of methoxy groups -OCH3 is 1. The van der Waals surface area contributed by atoms with Crippen LogP contribution in [0.3, 0.4) is 0 Å². The molecule has 0 bridgehead atoms. The first-order valence-corrected chi connectivity index (χ1v) is 8.72. The first-order valence-electron chi connectivity index (χ1n) is 7.93. The normalized spacial score (nSPS) is 10.5. The van der Waals surface area contributed by atoms with Crippen LogP contribution in [-0.2, 0) is 0 Å². The molecule has 0 aromatic heterocycles. The third-order valence-electron chi connectivity index (χ3n) is 3.96. The van der Waals surface area contributed by atoms with Gasteiger partial charge in [-0.05, 0) is 45.3 Å². The van der Waals surface area contributed by atoms with Gasteiger partial charge in [-0.2, -0.15) is 0 Å². The highest BCUT2D eigenvalue weighted by Crippen LogP contribution is 2.27. The minimum Gasteiger partial charge on any atom is -0.496 e. The molecule has 25 heavy (non-hydrogen) atoms. The van der Waals surface area contributed by atoms with Crippen molar-refractivity contribution in [3.8, 4) is 5.75 Å². The summed E-state index contributed by atoms with van der Waals surface area (Å²) in [7, 11) is 1.60. The van der Waals surface area contributed by atoms with Crippen molar-refractivity contribution in [3.05, 3.63) is 100 Å². The fraction of sp³-hybridized carbons (Fsp3) is 0.0952. The molecule has 0 atom stereocenters. The van der Waals surface area contributed by atoms with Crippen LogP contribution >= 0.6 is 15.9 Å². The number of hydrogen-bond acceptors (Lipinski definition) is 2. The smallest absolute Gasteiger partial charge is 0.252 e. The molecule has 0 radical (unpaired) electrons. The van der Waals surface area contributed by atoms with Gasteiger partial charge < -0.3 is 10.1 Å². The number of amides is 1. The Balaban J connectivity index is 1.90. The van der Waals surface area contributed by atoms with Gasteiger partial charge in [0.25, 0.3) is 5.91 Å². The molecule has 0 aliphatic carbocycles. The van der Waals surface area contributed by atoms with Gasteiger partial charge in [-0.1, -0.05) is 60.7 Å². The summed E-state index contributed by atoms with van der Waals surface area (Å²) < 4.78 is 5.97. The molecular weight excluding hydrogens is 378 g/mol. The van der Waals surface area contributed by atoms with Crippen LogP contribution in [0, 0.1) is 0 Å². The second-order valence-corrected chi connectivity index (χ2v) is 6.43. The molecule has 0 heterocycles. The lowest BCUT2D eigenvalue weighted by Gasteiger charge is -2.20. The predicted octanol–water partition coefficient (Wildman–Crippen LogP) is 4.98. The molecule has 3 aromatic rings. The highest BCUT2D eigenvalue weighted by molar-refractivity contribution is 9.10. The van der Waals surface area contributed by atoms with Crippen molar-refractivity contribution in [2.75, 3.05) is 7.11 Å². The van der Waals surface area contributed by atoms with E-state index in [4.69, 9.17) is 4.74 Å². The lowest BCUT2D eigenvalue weighted by Crippen LogP contribution is -2.29. The van der Waals surface area contributed by atoms with Crippen LogP contribution in [0.1, 0.15) is 27.5 Å². The minimum absolute atomic E-state index is 0.138. The summed E-state index contributed by atoms with van der Waals surface area (Å²) in [6, 6.07) is 25.0. The number of benzene rings is 3. The van der Waals surface area contributed by atoms with Gasteiger partial charge in [0.1, 0.15) is 5.75 Å². The Bertz CT molecular complexity index is 811. The largest absolute Gasteiger partial charge is 0.496 e. The highest BCUT2D eigenvalue weighted by atomic mass is 79.9. The summed E-state index contributed by atoms with van der Waals surface area (Å²) in [5.41, 5.74) is 2.65. The molecule has 4 heteroatoms. The van der Waals surface area contributed by atoms with E-state index >= 15 is 0 Å². The zero-order chi connectivity index (χ0) is 17.6. The Morgan fingerprint density at radius 2 is 1.48 bits per heavy atom. The number of hydrogen-bond donors (Lipinski definition) is 1. The molecule has 0 fully saturated rings. The minimum atomic E-state index is -0.212. The maximum Gasteiger partial charge on any atom is 0.252 e. The average molecular weight is 396 g/mol. The van der Waals surface area contributed by atoms with Crippen molar-refractivity contribution in [2.45, 2.75) is 6.04 Å². The molecule has 3 nitrogen and oxygen atoms in total. The van der Waals surface area contributed by atoms with Crippen molar-refractivity contribution in [3.63, 3.8) is 0 Å². The van der Waals surface area contributed by atoms with E-state index < -0.39 is 0 Å². The molecular formula is C21H18BrNO2. The first-order chi connectivity index (χ1) is 12.2. The van der Waals surface area contributed by atoms with Gasteiger partial charge in [0.2, 0.25) is 0 Å². The topological polar surface area (TPSA) is 38.3 Å². The van der Waals surface area contributed by atoms with Gasteiger partial charge in [-0.15, -0.1) is 0 Å². The summed E-state index contributed by atoms with van der Waals surface area (Å²) in [5.74, 6) is 0.556. The fourth-order valence-corrected chi connectivity index (χ4v) is 3.21. The van der Waals surface area contributed by atoms with Gasteiger partial charge in [0.05, 0.1) is 17.6 Å². The van der Waals surface area contributed by atoms with E-state index in [-0.39, 0.29) is 11.9 Å². The second kappa shape index (κ2) is 7.99. The lowest BCUT2D eigenvalue weighted by atomic mass is 9.98. The van der Waals surface area contributed by atoms with Gasteiger partial charge in [-0.3, -0.25) is 4.79 Å².